The Morgan fingerprint density at radius 1 is 0.968 bits per heavy atom. The number of benzene rings is 2. The maximum Gasteiger partial charge on any atom is 0.119 e. The number of ether oxygens (including phenoxy) is 2. The quantitative estimate of drug-likeness (QED) is 0.416. The van der Waals surface area contributed by atoms with Gasteiger partial charge in [0, 0.05) is 32.7 Å². The average molecular weight is 424 g/mol. The molecule has 0 spiro atoms. The van der Waals surface area contributed by atoms with Crippen molar-refractivity contribution in [3.8, 4) is 5.75 Å². The first-order valence-corrected chi connectivity index (χ1v) is 11.0. The number of aromatic nitrogens is 1. The van der Waals surface area contributed by atoms with Gasteiger partial charge in [0.1, 0.15) is 24.9 Å². The number of aliphatic hydroxyl groups excluding tert-OH is 1. The molecule has 0 aliphatic carbocycles. The third-order valence-corrected chi connectivity index (χ3v) is 5.56. The summed E-state index contributed by atoms with van der Waals surface area (Å²) in [5, 5.41) is 10.7. The van der Waals surface area contributed by atoms with Crippen LogP contribution in [0.4, 0.5) is 0 Å². The highest BCUT2D eigenvalue weighted by atomic mass is 16.5. The van der Waals surface area contributed by atoms with Crippen molar-refractivity contribution in [3.05, 3.63) is 89.7 Å². The highest BCUT2D eigenvalue weighted by Gasteiger charge is 2.18. The summed E-state index contributed by atoms with van der Waals surface area (Å²) in [7, 11) is 3.44. The zero-order valence-electron chi connectivity index (χ0n) is 18.7. The summed E-state index contributed by atoms with van der Waals surface area (Å²) in [6.45, 7) is 4.08. The third-order valence-electron chi connectivity index (χ3n) is 5.56. The molecule has 1 unspecified atom stereocenters. The minimum absolute atomic E-state index is 0.373. The second-order valence-electron chi connectivity index (χ2n) is 8.05. The van der Waals surface area contributed by atoms with Gasteiger partial charge in [-0.1, -0.05) is 42.5 Å². The van der Waals surface area contributed by atoms with Gasteiger partial charge >= 0.3 is 0 Å². The third kappa shape index (κ3) is 7.55. The number of hydrogen-bond donors (Lipinski definition) is 2. The highest BCUT2D eigenvalue weighted by molar-refractivity contribution is 5.29. The zero-order valence-corrected chi connectivity index (χ0v) is 18.7. The second-order valence-corrected chi connectivity index (χ2v) is 8.05. The summed E-state index contributed by atoms with van der Waals surface area (Å²) in [5.41, 5.74) is 3.65. The van der Waals surface area contributed by atoms with E-state index < -0.39 is 0 Å². The van der Waals surface area contributed by atoms with Crippen molar-refractivity contribution in [2.45, 2.75) is 32.0 Å². The Bertz CT molecular complexity index is 894. The van der Waals surface area contributed by atoms with E-state index in [0.717, 1.165) is 38.4 Å². The van der Waals surface area contributed by atoms with Gasteiger partial charge in [0.2, 0.25) is 0 Å². The molecule has 0 aliphatic heterocycles. The molecule has 5 nitrogen and oxygen atoms in total. The molecule has 0 radical (unpaired) electrons. The summed E-state index contributed by atoms with van der Waals surface area (Å²) >= 11 is 0. The molecule has 166 valence electrons. The monoisotopic (exact) mass is 423 g/mol. The lowest BCUT2D eigenvalue weighted by Gasteiger charge is -2.23. The predicted octanol–water partition coefficient (Wildman–Crippen LogP) is 2.57. The Morgan fingerprint density at radius 2 is 1.77 bits per heavy atom. The minimum Gasteiger partial charge on any atom is -0.497 e. The molecule has 0 bridgehead atoms. The first-order chi connectivity index (χ1) is 15.2. The molecule has 0 fully saturated rings. The first kappa shape index (κ1) is 23.1. The Labute approximate surface area is 185 Å². The first-order valence-electron chi connectivity index (χ1n) is 11.0. The summed E-state index contributed by atoms with van der Waals surface area (Å²) in [4.78, 5) is 1.37. The Morgan fingerprint density at radius 3 is 2.55 bits per heavy atom. The molecule has 31 heavy (non-hydrogen) atoms. The van der Waals surface area contributed by atoms with Crippen LogP contribution in [0, 0.1) is 0 Å². The van der Waals surface area contributed by atoms with Crippen LogP contribution in [0.3, 0.4) is 0 Å². The summed E-state index contributed by atoms with van der Waals surface area (Å²) in [5.74, 6) is 0.877. The largest absolute Gasteiger partial charge is 0.497 e. The van der Waals surface area contributed by atoms with Crippen LogP contribution in [0.15, 0.2) is 72.9 Å². The average Bonchev–Trinajstić information content (AvgIpc) is 3.21. The predicted molar refractivity (Wildman–Crippen MR) is 124 cm³/mol. The molecule has 2 N–H and O–H groups in total. The summed E-state index contributed by atoms with van der Waals surface area (Å²) in [6.07, 6.45) is 3.41. The highest BCUT2D eigenvalue weighted by Crippen LogP contribution is 2.15. The number of rotatable bonds is 13. The number of aliphatic hydroxyl groups is 1. The molecule has 3 rings (SSSR count). The van der Waals surface area contributed by atoms with Crippen LogP contribution in [0.5, 0.6) is 5.75 Å². The smallest absolute Gasteiger partial charge is 0.119 e. The molecule has 1 heterocycles. The molecule has 0 aliphatic rings. The lowest BCUT2D eigenvalue weighted by molar-refractivity contribution is -0.917. The van der Waals surface area contributed by atoms with Gasteiger partial charge in [-0.3, -0.25) is 0 Å². The molecule has 0 saturated carbocycles. The van der Waals surface area contributed by atoms with Gasteiger partial charge in [0.15, 0.2) is 0 Å². The van der Waals surface area contributed by atoms with Gasteiger partial charge in [-0.25, -0.2) is 0 Å². The Kier molecular flexibility index (Phi) is 9.16. The number of nitrogens with one attached hydrogen (secondary N) is 1. The molecular weight excluding hydrogens is 388 g/mol. The van der Waals surface area contributed by atoms with Gasteiger partial charge in [-0.15, -0.1) is 0 Å². The molecule has 0 saturated heterocycles. The van der Waals surface area contributed by atoms with Crippen LogP contribution in [0.25, 0.3) is 0 Å². The van der Waals surface area contributed by atoms with Gasteiger partial charge in [-0.05, 0) is 35.4 Å². The van der Waals surface area contributed by atoms with E-state index in [0.29, 0.717) is 13.0 Å². The van der Waals surface area contributed by atoms with E-state index in [1.807, 2.05) is 30.3 Å². The molecule has 0 amide bonds. The normalized spacial score (nSPS) is 13.1. The number of quaternary nitrogens is 1. The molecule has 1 aromatic heterocycles. The van der Waals surface area contributed by atoms with Gasteiger partial charge in [0.25, 0.3) is 0 Å². The van der Waals surface area contributed by atoms with Crippen LogP contribution < -0.4 is 9.64 Å². The SMILES string of the molecule is COCCC[NH+](Cc1cccn1Cc1cccc(OC)c1)C[C@@H](O)Cc1ccccc1. The zero-order chi connectivity index (χ0) is 21.9. The fourth-order valence-electron chi connectivity index (χ4n) is 4.01. The molecule has 5 heteroatoms. The fourth-order valence-corrected chi connectivity index (χ4v) is 4.01. The maximum atomic E-state index is 10.7. The van der Waals surface area contributed by atoms with Crippen LogP contribution in [-0.2, 0) is 24.2 Å². The lowest BCUT2D eigenvalue weighted by atomic mass is 10.1. The molecular formula is C26H35N2O3+. The van der Waals surface area contributed by atoms with E-state index in [1.165, 1.54) is 21.7 Å². The van der Waals surface area contributed by atoms with Crippen LogP contribution >= 0.6 is 0 Å². The molecule has 2 atom stereocenters. The van der Waals surface area contributed by atoms with E-state index in [2.05, 4.69) is 47.2 Å². The van der Waals surface area contributed by atoms with Crippen molar-refractivity contribution < 1.29 is 19.5 Å². The van der Waals surface area contributed by atoms with Crippen molar-refractivity contribution >= 4 is 0 Å². The van der Waals surface area contributed by atoms with E-state index in [4.69, 9.17) is 9.47 Å². The van der Waals surface area contributed by atoms with Gasteiger partial charge in [-0.2, -0.15) is 0 Å². The number of nitrogens with zero attached hydrogens (tertiary/aromatic N) is 1. The second kappa shape index (κ2) is 12.3. The standard InChI is InChI=1S/C26H34N2O3/c1-30-16-8-14-27(21-25(29)17-22-9-4-3-5-10-22)20-24-12-7-15-28(24)19-23-11-6-13-26(18-23)31-2/h3-7,9-13,15,18,25,29H,8,14,16-17,19-21H2,1-2H3/p+1/t25-/m0/s1. The number of hydrogen-bond acceptors (Lipinski definition) is 3. The van der Waals surface area contributed by atoms with Gasteiger partial charge in [0.05, 0.1) is 26.0 Å². The van der Waals surface area contributed by atoms with Crippen LogP contribution in [-0.4, -0.2) is 49.7 Å². The van der Waals surface area contributed by atoms with E-state index in [9.17, 15) is 5.11 Å². The van der Waals surface area contributed by atoms with Crippen molar-refractivity contribution in [3.63, 3.8) is 0 Å². The molecule has 2 aromatic carbocycles. The van der Waals surface area contributed by atoms with E-state index in [1.54, 1.807) is 14.2 Å². The minimum atomic E-state index is -0.373. The summed E-state index contributed by atoms with van der Waals surface area (Å²) in [6, 6.07) is 22.7. The van der Waals surface area contributed by atoms with Gasteiger partial charge < -0.3 is 24.0 Å². The van der Waals surface area contributed by atoms with Crippen molar-refractivity contribution in [2.24, 2.45) is 0 Å². The lowest BCUT2D eigenvalue weighted by Crippen LogP contribution is -3.12. The topological polar surface area (TPSA) is 48.1 Å². The maximum absolute atomic E-state index is 10.7. The van der Waals surface area contributed by atoms with Crippen molar-refractivity contribution in [2.75, 3.05) is 33.9 Å². The summed E-state index contributed by atoms with van der Waals surface area (Å²) < 4.78 is 12.9. The van der Waals surface area contributed by atoms with Crippen molar-refractivity contribution in [1.29, 1.82) is 0 Å². The Hall–Kier alpha value is -2.60. The van der Waals surface area contributed by atoms with Crippen molar-refractivity contribution in [1.82, 2.24) is 4.57 Å². The van der Waals surface area contributed by atoms with E-state index >= 15 is 0 Å². The number of methoxy groups -OCH3 is 2. The van der Waals surface area contributed by atoms with E-state index in [-0.39, 0.29) is 6.10 Å². The molecule has 3 aromatic rings. The Balaban J connectivity index is 1.65. The fraction of sp³-hybridized carbons (Fsp3) is 0.385. The van der Waals surface area contributed by atoms with Crippen LogP contribution in [0.1, 0.15) is 23.2 Å². The van der Waals surface area contributed by atoms with Crippen LogP contribution in [0.2, 0.25) is 0 Å².